The van der Waals surface area contributed by atoms with Crippen LogP contribution in [0.1, 0.15) is 119 Å². The van der Waals surface area contributed by atoms with E-state index in [0.29, 0.717) is 39.6 Å². The Morgan fingerprint density at radius 1 is 0.333 bits per heavy atom. The van der Waals surface area contributed by atoms with Gasteiger partial charge in [-0.2, -0.15) is 0 Å². The Bertz CT molecular complexity index is 2590. The van der Waals surface area contributed by atoms with Crippen molar-refractivity contribution in [1.29, 1.82) is 0 Å². The molecule has 0 radical (unpaired) electrons. The van der Waals surface area contributed by atoms with Gasteiger partial charge in [-0.1, -0.05) is 141 Å². The summed E-state index contributed by atoms with van der Waals surface area (Å²) in [5, 5.41) is 12.8. The molecule has 8 aromatic rings. The highest BCUT2D eigenvalue weighted by molar-refractivity contribution is 7.31. The maximum Gasteiger partial charge on any atom is 0.190 e. The fraction of sp³-hybridized carbons (Fsp3) is 0.444. The van der Waals surface area contributed by atoms with E-state index in [4.69, 9.17) is 28.4 Å². The number of ether oxygens (including phenoxy) is 6. The molecule has 9 rings (SSSR count). The number of hydrogen-bond acceptors (Lipinski definition) is 8. The first-order valence-corrected chi connectivity index (χ1v) is 27.7. The molecule has 0 saturated heterocycles. The molecule has 0 spiro atoms. The van der Waals surface area contributed by atoms with Gasteiger partial charge in [-0.3, -0.25) is 0 Å². The van der Waals surface area contributed by atoms with E-state index in [1.807, 2.05) is 22.7 Å². The van der Waals surface area contributed by atoms with Crippen LogP contribution in [-0.2, 0) is 0 Å². The van der Waals surface area contributed by atoms with Crippen LogP contribution in [0.5, 0.6) is 34.5 Å². The molecule has 6 aromatic carbocycles. The molecule has 0 atom stereocenters. The van der Waals surface area contributed by atoms with Crippen molar-refractivity contribution in [3.8, 4) is 34.5 Å². The van der Waals surface area contributed by atoms with Crippen LogP contribution in [0.3, 0.4) is 0 Å². The highest BCUT2D eigenvalue weighted by atomic mass is 32.1. The molecule has 6 nitrogen and oxygen atoms in total. The minimum absolute atomic E-state index is 0.600. The summed E-state index contributed by atoms with van der Waals surface area (Å²) >= 11 is 3.62. The largest absolute Gasteiger partial charge is 0.490 e. The fourth-order valence-electron chi connectivity index (χ4n) is 9.74. The molecule has 0 saturated carbocycles. The molecule has 1 aliphatic rings. The molecular weight excluding hydrogens is 837 g/mol. The van der Waals surface area contributed by atoms with Gasteiger partial charge in [-0.15, -0.1) is 22.7 Å². The molecule has 9 heteroatoms. The zero-order valence-electron chi connectivity index (χ0n) is 38.3. The van der Waals surface area contributed by atoms with Gasteiger partial charge in [-0.05, 0) is 59.7 Å². The fourth-order valence-corrected chi connectivity index (χ4v) is 17.8. The van der Waals surface area contributed by atoms with Gasteiger partial charge in [0.2, 0.25) is 0 Å². The Labute approximate surface area is 382 Å². The Balaban J connectivity index is 1.57. The van der Waals surface area contributed by atoms with E-state index in [9.17, 15) is 0 Å². The Morgan fingerprint density at radius 2 is 0.587 bits per heavy atom. The summed E-state index contributed by atoms with van der Waals surface area (Å²) in [6.45, 7) is 17.1. The number of thiophene rings is 2. The Hall–Kier alpha value is -4.44. The van der Waals surface area contributed by atoms with Gasteiger partial charge in [0, 0.05) is 31.9 Å². The van der Waals surface area contributed by atoms with Crippen molar-refractivity contribution < 1.29 is 28.4 Å². The van der Waals surface area contributed by atoms with Gasteiger partial charge in [0.05, 0.1) is 58.4 Å². The molecular formula is C54H64O6S2Si. The highest BCUT2D eigenvalue weighted by Gasteiger charge is 2.55. The average Bonchev–Trinajstić information content (AvgIpc) is 3.99. The van der Waals surface area contributed by atoms with Crippen molar-refractivity contribution in [3.63, 3.8) is 0 Å². The van der Waals surface area contributed by atoms with Gasteiger partial charge in [0.25, 0.3) is 0 Å². The molecule has 3 heterocycles. The third-order valence-electron chi connectivity index (χ3n) is 12.8. The summed E-state index contributed by atoms with van der Waals surface area (Å²) in [4.78, 5) is 0. The second-order valence-electron chi connectivity index (χ2n) is 17.2. The van der Waals surface area contributed by atoms with E-state index in [1.165, 1.54) is 53.1 Å². The molecule has 1 aliphatic heterocycles. The Kier molecular flexibility index (Phi) is 13.4. The van der Waals surface area contributed by atoms with Crippen molar-refractivity contribution in [2.45, 2.75) is 119 Å². The molecule has 0 N–H and O–H groups in total. The summed E-state index contributed by atoms with van der Waals surface area (Å²) in [6.07, 6.45) is 11.9. The first kappa shape index (κ1) is 43.8. The predicted molar refractivity (Wildman–Crippen MR) is 272 cm³/mol. The summed E-state index contributed by atoms with van der Waals surface area (Å²) in [6, 6.07) is 22.6. The van der Waals surface area contributed by atoms with Crippen LogP contribution in [0.15, 0.2) is 60.7 Å². The van der Waals surface area contributed by atoms with Crippen molar-refractivity contribution in [3.05, 3.63) is 60.7 Å². The number of hydrogen-bond donors (Lipinski definition) is 0. The third-order valence-corrected chi connectivity index (χ3v) is 20.1. The van der Waals surface area contributed by atoms with Gasteiger partial charge in [0.1, 0.15) is 0 Å². The lowest BCUT2D eigenvalue weighted by molar-refractivity contribution is 0.266. The summed E-state index contributed by atoms with van der Waals surface area (Å²) in [7, 11) is -3.32. The third kappa shape index (κ3) is 7.16. The lowest BCUT2D eigenvalue weighted by Gasteiger charge is -2.34. The van der Waals surface area contributed by atoms with Gasteiger partial charge in [0.15, 0.2) is 42.6 Å². The Morgan fingerprint density at radius 3 is 0.873 bits per heavy atom. The molecule has 0 unspecified atom stereocenters. The van der Waals surface area contributed by atoms with Gasteiger partial charge >= 0.3 is 0 Å². The van der Waals surface area contributed by atoms with Crippen LogP contribution in [0.4, 0.5) is 0 Å². The van der Waals surface area contributed by atoms with E-state index in [0.717, 1.165) is 130 Å². The summed E-state index contributed by atoms with van der Waals surface area (Å²) in [5.41, 5.74) is 0. The second-order valence-corrected chi connectivity index (χ2v) is 22.9. The van der Waals surface area contributed by atoms with Crippen LogP contribution in [0, 0.1) is 0 Å². The van der Waals surface area contributed by atoms with Crippen LogP contribution in [0.25, 0.3) is 51.1 Å². The van der Waals surface area contributed by atoms with Crippen molar-refractivity contribution in [2.75, 3.05) is 39.6 Å². The topological polar surface area (TPSA) is 55.4 Å². The average molecular weight is 901 g/mol. The smallest absolute Gasteiger partial charge is 0.190 e. The zero-order chi connectivity index (χ0) is 43.5. The van der Waals surface area contributed by atoms with Crippen molar-refractivity contribution in [2.24, 2.45) is 0 Å². The van der Waals surface area contributed by atoms with E-state index in [1.54, 1.807) is 0 Å². The molecule has 0 amide bonds. The normalized spacial score (nSPS) is 13.2. The predicted octanol–water partition coefficient (Wildman–Crippen LogP) is 13.2. The molecule has 332 valence electrons. The minimum atomic E-state index is -3.32. The van der Waals surface area contributed by atoms with Gasteiger partial charge < -0.3 is 28.4 Å². The van der Waals surface area contributed by atoms with Crippen LogP contribution in [0.2, 0.25) is 0 Å². The second kappa shape index (κ2) is 19.3. The maximum absolute atomic E-state index is 7.37. The van der Waals surface area contributed by atoms with E-state index in [-0.39, 0.29) is 0 Å². The van der Waals surface area contributed by atoms with Crippen molar-refractivity contribution in [1.82, 2.24) is 0 Å². The molecule has 0 bridgehead atoms. The van der Waals surface area contributed by atoms with Crippen LogP contribution < -0.4 is 49.2 Å². The first-order valence-electron chi connectivity index (χ1n) is 24.1. The molecule has 0 fully saturated rings. The van der Waals surface area contributed by atoms with Crippen LogP contribution in [-0.4, -0.2) is 47.7 Å². The number of benzene rings is 6. The summed E-state index contributed by atoms with van der Waals surface area (Å²) in [5.74, 6) is 5.26. The number of rotatable bonds is 26. The van der Waals surface area contributed by atoms with Gasteiger partial charge in [-0.25, -0.2) is 0 Å². The SMILES string of the molecule is CCCCOc1c(OCCCC)c2sc3c(OCCCC)c(OCCCC)c4sc5c(OCCCC)c(OCCCC)c6c7c(c1[Si]6(c1ccccc1)c1ccccc1)c2c3c4c57. The van der Waals surface area contributed by atoms with E-state index >= 15 is 0 Å². The molecule has 63 heavy (non-hydrogen) atoms. The standard InChI is InChI=1S/C54H64O6S2Si/c1-7-13-29-55-43-44(56-30-14-8-2)50-38-37-39-41-42-40(38)52(62-50)46(58-32-16-10-4)48(60-34-18-12-6)54(42)63(35-25-21-19-22-26-35,36-27-23-20-24-28-36)53(41)47(59-33-17-11-5)45(57-31-15-9-3)51(39)61-49(37)43/h19-28H,7-18,29-34H2,1-6H3. The lowest BCUT2D eigenvalue weighted by Crippen LogP contribution is -2.73. The van der Waals surface area contributed by atoms with E-state index < -0.39 is 8.07 Å². The minimum Gasteiger partial charge on any atom is -0.490 e. The monoisotopic (exact) mass is 900 g/mol. The maximum atomic E-state index is 7.37. The lowest BCUT2D eigenvalue weighted by atomic mass is 9.93. The highest BCUT2D eigenvalue weighted by Crippen LogP contribution is 2.63. The van der Waals surface area contributed by atoms with Crippen molar-refractivity contribution >= 4 is 103 Å². The first-order chi connectivity index (χ1) is 31.1. The van der Waals surface area contributed by atoms with Crippen LogP contribution >= 0.6 is 22.7 Å². The number of unbranched alkanes of at least 4 members (excludes halogenated alkanes) is 6. The zero-order valence-corrected chi connectivity index (χ0v) is 40.9. The molecule has 2 aromatic heterocycles. The quantitative estimate of drug-likeness (QED) is 0.0307. The summed E-state index contributed by atoms with van der Waals surface area (Å²) < 4.78 is 47.8. The molecule has 0 aliphatic carbocycles. The van der Waals surface area contributed by atoms with E-state index in [2.05, 4.69) is 102 Å².